The van der Waals surface area contributed by atoms with E-state index in [9.17, 15) is 9.59 Å². The summed E-state index contributed by atoms with van der Waals surface area (Å²) in [6, 6.07) is 10.5. The lowest BCUT2D eigenvalue weighted by Gasteiger charge is -2.06. The van der Waals surface area contributed by atoms with Crippen LogP contribution in [0.4, 0.5) is 0 Å². The highest BCUT2D eigenvalue weighted by Crippen LogP contribution is 2.21. The van der Waals surface area contributed by atoms with Gasteiger partial charge in [0, 0.05) is 18.9 Å². The number of aliphatic imine (C=N–C) groups is 1. The molecule has 9 heteroatoms. The van der Waals surface area contributed by atoms with E-state index in [1.165, 1.54) is 10.9 Å². The maximum absolute atomic E-state index is 12.9. The minimum atomic E-state index is -0.272. The molecular formula is C22H22N6O3. The monoisotopic (exact) mass is 418 g/mol. The van der Waals surface area contributed by atoms with Gasteiger partial charge in [-0.2, -0.15) is 5.26 Å². The van der Waals surface area contributed by atoms with Crippen LogP contribution < -0.4 is 10.9 Å². The van der Waals surface area contributed by atoms with Crippen molar-refractivity contribution in [3.05, 3.63) is 69.8 Å². The highest BCUT2D eigenvalue weighted by molar-refractivity contribution is 5.93. The summed E-state index contributed by atoms with van der Waals surface area (Å²) in [4.78, 5) is 32.9. The lowest BCUT2D eigenvalue weighted by atomic mass is 10.0. The first-order chi connectivity index (χ1) is 15.0. The number of ether oxygens (including phenoxy) is 1. The number of hydrogen-bond acceptors (Lipinski definition) is 6. The van der Waals surface area contributed by atoms with Gasteiger partial charge >= 0.3 is 0 Å². The smallest absolute Gasteiger partial charge is 0.280 e. The van der Waals surface area contributed by atoms with Gasteiger partial charge in [0.2, 0.25) is 0 Å². The predicted octanol–water partition coefficient (Wildman–Crippen LogP) is 2.20. The molecule has 1 amide bonds. The van der Waals surface area contributed by atoms with Crippen molar-refractivity contribution in [2.45, 2.75) is 13.3 Å². The van der Waals surface area contributed by atoms with Gasteiger partial charge in [0.25, 0.3) is 11.5 Å². The van der Waals surface area contributed by atoms with Crippen LogP contribution >= 0.6 is 0 Å². The maximum atomic E-state index is 12.9. The molecule has 0 aliphatic rings. The molecule has 0 saturated carbocycles. The first-order valence-corrected chi connectivity index (χ1v) is 9.61. The number of benzene rings is 1. The second kappa shape index (κ2) is 10.1. The van der Waals surface area contributed by atoms with Crippen molar-refractivity contribution in [1.82, 2.24) is 20.1 Å². The molecule has 0 spiro atoms. The molecule has 0 saturated heterocycles. The van der Waals surface area contributed by atoms with Crippen LogP contribution in [0.3, 0.4) is 0 Å². The van der Waals surface area contributed by atoms with E-state index in [1.54, 1.807) is 36.5 Å². The lowest BCUT2D eigenvalue weighted by Crippen LogP contribution is -2.25. The molecule has 0 fully saturated rings. The number of rotatable bonds is 9. The van der Waals surface area contributed by atoms with Gasteiger partial charge in [-0.3, -0.25) is 19.7 Å². The van der Waals surface area contributed by atoms with E-state index in [0.29, 0.717) is 42.1 Å². The molecule has 9 nitrogen and oxygen atoms in total. The number of aromatic nitrogens is 3. The van der Waals surface area contributed by atoms with Gasteiger partial charge in [-0.05, 0) is 55.5 Å². The highest BCUT2D eigenvalue weighted by atomic mass is 16.5. The van der Waals surface area contributed by atoms with Gasteiger partial charge in [0.1, 0.15) is 6.73 Å². The lowest BCUT2D eigenvalue weighted by molar-refractivity contribution is 0.0943. The predicted molar refractivity (Wildman–Crippen MR) is 116 cm³/mol. The standard InChI is InChI=1S/C22H22N6O3/c1-15-10-16(11-23)4-6-18(15)19-13-27-28(22(19)30)20-7-5-17(12-26-20)21(29)25-8-3-9-31-14-24-2/h4-7,10,12-13,27H,2-3,8-9,14H2,1H3,(H,25,29). The summed E-state index contributed by atoms with van der Waals surface area (Å²) in [5.41, 5.74) is 2.69. The fourth-order valence-electron chi connectivity index (χ4n) is 3.03. The normalized spacial score (nSPS) is 10.5. The fourth-order valence-corrected chi connectivity index (χ4v) is 3.03. The van der Waals surface area contributed by atoms with Crippen molar-refractivity contribution in [3.63, 3.8) is 0 Å². The first-order valence-electron chi connectivity index (χ1n) is 9.61. The van der Waals surface area contributed by atoms with Crippen LogP contribution in [0.5, 0.6) is 0 Å². The second-order valence-electron chi connectivity index (χ2n) is 6.74. The molecule has 0 unspecified atom stereocenters. The fraction of sp³-hybridized carbons (Fsp3) is 0.227. The van der Waals surface area contributed by atoms with Gasteiger partial charge < -0.3 is 10.1 Å². The number of amides is 1. The Morgan fingerprint density at radius 2 is 2.19 bits per heavy atom. The van der Waals surface area contributed by atoms with Gasteiger partial charge in [-0.15, -0.1) is 0 Å². The molecule has 31 heavy (non-hydrogen) atoms. The van der Waals surface area contributed by atoms with Crippen LogP contribution in [0.15, 0.2) is 52.5 Å². The van der Waals surface area contributed by atoms with Crippen molar-refractivity contribution >= 4 is 12.6 Å². The molecule has 2 heterocycles. The molecule has 3 rings (SSSR count). The third-order valence-electron chi connectivity index (χ3n) is 4.59. The Labute approximate surface area is 179 Å². The van der Waals surface area contributed by atoms with Crippen molar-refractivity contribution < 1.29 is 9.53 Å². The average Bonchev–Trinajstić information content (AvgIpc) is 3.17. The Morgan fingerprint density at radius 1 is 1.35 bits per heavy atom. The summed E-state index contributed by atoms with van der Waals surface area (Å²) >= 11 is 0. The van der Waals surface area contributed by atoms with Crippen LogP contribution in [0, 0.1) is 18.3 Å². The zero-order valence-electron chi connectivity index (χ0n) is 17.1. The zero-order valence-corrected chi connectivity index (χ0v) is 17.1. The quantitative estimate of drug-likeness (QED) is 0.407. The largest absolute Gasteiger partial charge is 0.359 e. The number of aromatic amines is 1. The molecule has 3 aromatic rings. The molecule has 2 N–H and O–H groups in total. The number of nitriles is 1. The van der Waals surface area contributed by atoms with E-state index < -0.39 is 0 Å². The van der Waals surface area contributed by atoms with Crippen molar-refractivity contribution in [2.24, 2.45) is 4.99 Å². The summed E-state index contributed by atoms with van der Waals surface area (Å²) in [7, 11) is 0. The van der Waals surface area contributed by atoms with Crippen LogP contribution in [-0.4, -0.2) is 47.3 Å². The van der Waals surface area contributed by atoms with Crippen molar-refractivity contribution in [3.8, 4) is 23.0 Å². The summed E-state index contributed by atoms with van der Waals surface area (Å²) in [6.45, 7) is 6.35. The minimum Gasteiger partial charge on any atom is -0.359 e. The van der Waals surface area contributed by atoms with Crippen molar-refractivity contribution in [2.75, 3.05) is 19.9 Å². The van der Waals surface area contributed by atoms with Crippen LogP contribution in [0.1, 0.15) is 27.9 Å². The number of carbonyl (C=O) groups excluding carboxylic acids is 1. The van der Waals surface area contributed by atoms with Gasteiger partial charge in [-0.25, -0.2) is 9.67 Å². The van der Waals surface area contributed by atoms with E-state index in [2.05, 4.69) is 33.2 Å². The Morgan fingerprint density at radius 3 is 2.87 bits per heavy atom. The van der Waals surface area contributed by atoms with E-state index >= 15 is 0 Å². The number of pyridine rings is 1. The van der Waals surface area contributed by atoms with Gasteiger partial charge in [0.05, 0.1) is 29.4 Å². The van der Waals surface area contributed by atoms with Gasteiger partial charge in [-0.1, -0.05) is 6.07 Å². The van der Waals surface area contributed by atoms with Crippen LogP contribution in [0.2, 0.25) is 0 Å². The Bertz CT molecular complexity index is 1170. The Kier molecular flexibility index (Phi) is 7.09. The molecule has 0 radical (unpaired) electrons. The second-order valence-corrected chi connectivity index (χ2v) is 6.74. The van der Waals surface area contributed by atoms with E-state index in [4.69, 9.17) is 10.00 Å². The van der Waals surface area contributed by atoms with E-state index in [1.807, 2.05) is 6.92 Å². The Hall–Kier alpha value is -4.03. The molecule has 0 bridgehead atoms. The van der Waals surface area contributed by atoms with Crippen molar-refractivity contribution in [1.29, 1.82) is 5.26 Å². The molecule has 0 atom stereocenters. The number of H-pyrrole nitrogens is 1. The van der Waals surface area contributed by atoms with Gasteiger partial charge in [0.15, 0.2) is 5.82 Å². The summed E-state index contributed by atoms with van der Waals surface area (Å²) in [6.07, 6.45) is 3.67. The minimum absolute atomic E-state index is 0.240. The first kappa shape index (κ1) is 21.7. The zero-order chi connectivity index (χ0) is 22.2. The third kappa shape index (κ3) is 5.12. The number of aryl methyl sites for hydroxylation is 1. The SMILES string of the molecule is C=NCOCCCNC(=O)c1ccc(-n2[nH]cc(-c3ccc(C#N)cc3C)c2=O)nc1. The summed E-state index contributed by atoms with van der Waals surface area (Å²) in [5.74, 6) is 0.109. The molecule has 1 aromatic carbocycles. The summed E-state index contributed by atoms with van der Waals surface area (Å²) in [5, 5.41) is 14.7. The van der Waals surface area contributed by atoms with Crippen LogP contribution in [0.25, 0.3) is 16.9 Å². The topological polar surface area (TPSA) is 125 Å². The maximum Gasteiger partial charge on any atom is 0.280 e. The number of nitrogens with one attached hydrogen (secondary N) is 2. The third-order valence-corrected chi connectivity index (χ3v) is 4.59. The average molecular weight is 418 g/mol. The van der Waals surface area contributed by atoms with E-state index in [0.717, 1.165) is 11.1 Å². The molecule has 0 aliphatic carbocycles. The highest BCUT2D eigenvalue weighted by Gasteiger charge is 2.14. The molecule has 0 aliphatic heterocycles. The number of carbonyl (C=O) groups is 1. The number of hydrogen-bond donors (Lipinski definition) is 2. The number of nitrogens with zero attached hydrogens (tertiary/aromatic N) is 4. The van der Waals surface area contributed by atoms with E-state index in [-0.39, 0.29) is 18.2 Å². The Balaban J connectivity index is 1.69. The molecule has 2 aromatic heterocycles. The summed E-state index contributed by atoms with van der Waals surface area (Å²) < 4.78 is 6.46. The molecule has 158 valence electrons. The molecular weight excluding hydrogens is 396 g/mol. The van der Waals surface area contributed by atoms with Crippen LogP contribution in [-0.2, 0) is 4.74 Å².